The topological polar surface area (TPSA) is 55.4 Å². The molecule has 0 atom stereocenters. The maximum Gasteiger partial charge on any atom is 0.311 e. The van der Waals surface area contributed by atoms with E-state index in [0.717, 1.165) is 28.8 Å². The Kier molecular flexibility index (Phi) is 6.34. The van der Waals surface area contributed by atoms with E-state index in [2.05, 4.69) is 5.32 Å². The first-order valence-corrected chi connectivity index (χ1v) is 8.56. The van der Waals surface area contributed by atoms with Crippen LogP contribution in [0.1, 0.15) is 42.0 Å². The van der Waals surface area contributed by atoms with Crippen molar-refractivity contribution in [2.45, 2.75) is 47.0 Å². The SMILES string of the molecule is CCCC(=O)Oc1ccc(CC(=O)Nc2ccc(C)cc2C)c(C)c1. The number of hydrogen-bond donors (Lipinski definition) is 1. The molecule has 0 radical (unpaired) electrons. The molecule has 4 heteroatoms. The molecule has 0 unspecified atom stereocenters. The first-order chi connectivity index (χ1) is 11.9. The Balaban J connectivity index is 2.02. The molecular formula is C21H25NO3. The summed E-state index contributed by atoms with van der Waals surface area (Å²) >= 11 is 0. The van der Waals surface area contributed by atoms with Gasteiger partial charge in [0.25, 0.3) is 0 Å². The number of benzene rings is 2. The van der Waals surface area contributed by atoms with Crippen LogP contribution in [0.15, 0.2) is 36.4 Å². The minimum absolute atomic E-state index is 0.0641. The molecule has 0 heterocycles. The predicted molar refractivity (Wildman–Crippen MR) is 100.0 cm³/mol. The molecule has 0 aliphatic carbocycles. The fraction of sp³-hybridized carbons (Fsp3) is 0.333. The highest BCUT2D eigenvalue weighted by molar-refractivity contribution is 5.93. The van der Waals surface area contributed by atoms with Crippen LogP contribution in [0.5, 0.6) is 5.75 Å². The highest BCUT2D eigenvalue weighted by atomic mass is 16.5. The van der Waals surface area contributed by atoms with Gasteiger partial charge in [-0.1, -0.05) is 30.7 Å². The largest absolute Gasteiger partial charge is 0.427 e. The van der Waals surface area contributed by atoms with Crippen LogP contribution in [0, 0.1) is 20.8 Å². The highest BCUT2D eigenvalue weighted by Crippen LogP contribution is 2.20. The normalized spacial score (nSPS) is 10.4. The molecule has 132 valence electrons. The van der Waals surface area contributed by atoms with Crippen molar-refractivity contribution in [1.82, 2.24) is 0 Å². The first kappa shape index (κ1) is 18.7. The van der Waals surface area contributed by atoms with E-state index in [9.17, 15) is 9.59 Å². The van der Waals surface area contributed by atoms with E-state index in [1.54, 1.807) is 12.1 Å². The maximum absolute atomic E-state index is 12.3. The molecule has 1 amide bonds. The fourth-order valence-electron chi connectivity index (χ4n) is 2.64. The van der Waals surface area contributed by atoms with E-state index in [4.69, 9.17) is 4.74 Å². The van der Waals surface area contributed by atoms with Gasteiger partial charge in [-0.15, -0.1) is 0 Å². The molecule has 0 saturated carbocycles. The monoisotopic (exact) mass is 339 g/mol. The lowest BCUT2D eigenvalue weighted by Gasteiger charge is -2.11. The fourth-order valence-corrected chi connectivity index (χ4v) is 2.64. The molecule has 0 bridgehead atoms. The smallest absolute Gasteiger partial charge is 0.311 e. The molecule has 4 nitrogen and oxygen atoms in total. The lowest BCUT2D eigenvalue weighted by Crippen LogP contribution is -2.16. The molecule has 0 spiro atoms. The average molecular weight is 339 g/mol. The van der Waals surface area contributed by atoms with E-state index in [1.807, 2.05) is 52.0 Å². The molecular weight excluding hydrogens is 314 g/mol. The minimum Gasteiger partial charge on any atom is -0.427 e. The summed E-state index contributed by atoms with van der Waals surface area (Å²) in [7, 11) is 0. The van der Waals surface area contributed by atoms with Crippen LogP contribution in [0.2, 0.25) is 0 Å². The number of carbonyl (C=O) groups is 2. The number of aryl methyl sites for hydroxylation is 3. The van der Waals surface area contributed by atoms with Gasteiger partial charge in [0, 0.05) is 12.1 Å². The third kappa shape index (κ3) is 5.45. The van der Waals surface area contributed by atoms with Crippen LogP contribution in [-0.2, 0) is 16.0 Å². The van der Waals surface area contributed by atoms with Crippen molar-refractivity contribution in [1.29, 1.82) is 0 Å². The summed E-state index contributed by atoms with van der Waals surface area (Å²) in [5, 5.41) is 2.95. The molecule has 0 saturated heterocycles. The van der Waals surface area contributed by atoms with Crippen molar-refractivity contribution in [3.8, 4) is 5.75 Å². The number of anilines is 1. The summed E-state index contributed by atoms with van der Waals surface area (Å²) < 4.78 is 5.28. The quantitative estimate of drug-likeness (QED) is 0.623. The summed E-state index contributed by atoms with van der Waals surface area (Å²) in [4.78, 5) is 23.9. The number of ether oxygens (including phenoxy) is 1. The van der Waals surface area contributed by atoms with Gasteiger partial charge < -0.3 is 10.1 Å². The third-order valence-electron chi connectivity index (χ3n) is 4.01. The summed E-state index contributed by atoms with van der Waals surface area (Å²) in [6.07, 6.45) is 1.44. The van der Waals surface area contributed by atoms with Gasteiger partial charge in [-0.3, -0.25) is 9.59 Å². The van der Waals surface area contributed by atoms with E-state index >= 15 is 0 Å². The second kappa shape index (κ2) is 8.47. The molecule has 1 N–H and O–H groups in total. The van der Waals surface area contributed by atoms with E-state index < -0.39 is 0 Å². The molecule has 0 aliphatic rings. The van der Waals surface area contributed by atoms with Gasteiger partial charge >= 0.3 is 5.97 Å². The molecule has 2 aromatic carbocycles. The Hall–Kier alpha value is -2.62. The molecule has 0 fully saturated rings. The third-order valence-corrected chi connectivity index (χ3v) is 4.01. The van der Waals surface area contributed by atoms with Crippen molar-refractivity contribution in [3.63, 3.8) is 0 Å². The van der Waals surface area contributed by atoms with Crippen LogP contribution in [-0.4, -0.2) is 11.9 Å². The van der Waals surface area contributed by atoms with Crippen LogP contribution >= 0.6 is 0 Å². The van der Waals surface area contributed by atoms with Crippen molar-refractivity contribution in [3.05, 3.63) is 58.7 Å². The molecule has 2 rings (SSSR count). The number of esters is 1. The Bertz CT molecular complexity index is 781. The van der Waals surface area contributed by atoms with Gasteiger partial charge in [-0.2, -0.15) is 0 Å². The first-order valence-electron chi connectivity index (χ1n) is 8.56. The highest BCUT2D eigenvalue weighted by Gasteiger charge is 2.10. The summed E-state index contributed by atoms with van der Waals surface area (Å²) in [5.74, 6) is 0.225. The molecule has 25 heavy (non-hydrogen) atoms. The van der Waals surface area contributed by atoms with Gasteiger partial charge in [0.05, 0.1) is 6.42 Å². The van der Waals surface area contributed by atoms with Crippen molar-refractivity contribution < 1.29 is 14.3 Å². The molecule has 2 aromatic rings. The molecule has 0 aromatic heterocycles. The van der Waals surface area contributed by atoms with E-state index in [-0.39, 0.29) is 18.3 Å². The van der Waals surface area contributed by atoms with Gasteiger partial charge in [-0.25, -0.2) is 0 Å². The lowest BCUT2D eigenvalue weighted by molar-refractivity contribution is -0.134. The maximum atomic E-state index is 12.3. The lowest BCUT2D eigenvalue weighted by atomic mass is 10.0. The Morgan fingerprint density at radius 3 is 2.40 bits per heavy atom. The van der Waals surface area contributed by atoms with Crippen LogP contribution in [0.4, 0.5) is 5.69 Å². The summed E-state index contributed by atoms with van der Waals surface area (Å²) in [6.45, 7) is 7.85. The van der Waals surface area contributed by atoms with Crippen LogP contribution < -0.4 is 10.1 Å². The number of carbonyl (C=O) groups excluding carboxylic acids is 2. The van der Waals surface area contributed by atoms with E-state index in [1.165, 1.54) is 5.56 Å². The van der Waals surface area contributed by atoms with Crippen LogP contribution in [0.25, 0.3) is 0 Å². The standard InChI is InChI=1S/C21H25NO3/c1-5-6-21(24)25-18-9-8-17(15(3)12-18)13-20(23)22-19-10-7-14(2)11-16(19)4/h7-12H,5-6,13H2,1-4H3,(H,22,23). The Labute approximate surface area is 149 Å². The second-order valence-corrected chi connectivity index (χ2v) is 6.36. The van der Waals surface area contributed by atoms with Gasteiger partial charge in [-0.05, 0) is 62.1 Å². The number of rotatable bonds is 6. The minimum atomic E-state index is -0.234. The number of amides is 1. The van der Waals surface area contributed by atoms with Gasteiger partial charge in [0.15, 0.2) is 0 Å². The zero-order valence-electron chi connectivity index (χ0n) is 15.3. The summed E-state index contributed by atoms with van der Waals surface area (Å²) in [5.41, 5.74) is 4.89. The van der Waals surface area contributed by atoms with Crippen molar-refractivity contribution in [2.24, 2.45) is 0 Å². The van der Waals surface area contributed by atoms with Gasteiger partial charge in [0.2, 0.25) is 5.91 Å². The zero-order valence-corrected chi connectivity index (χ0v) is 15.3. The number of nitrogens with one attached hydrogen (secondary N) is 1. The van der Waals surface area contributed by atoms with Crippen molar-refractivity contribution >= 4 is 17.6 Å². The number of hydrogen-bond acceptors (Lipinski definition) is 3. The summed E-state index contributed by atoms with van der Waals surface area (Å²) in [6, 6.07) is 11.3. The van der Waals surface area contributed by atoms with Crippen molar-refractivity contribution in [2.75, 3.05) is 5.32 Å². The second-order valence-electron chi connectivity index (χ2n) is 6.36. The Morgan fingerprint density at radius 1 is 1.00 bits per heavy atom. The predicted octanol–water partition coefficient (Wildman–Crippen LogP) is 4.50. The van der Waals surface area contributed by atoms with E-state index in [0.29, 0.717) is 12.2 Å². The Morgan fingerprint density at radius 2 is 1.76 bits per heavy atom. The molecule has 0 aliphatic heterocycles. The average Bonchev–Trinajstić information content (AvgIpc) is 2.53. The zero-order chi connectivity index (χ0) is 18.4. The van der Waals surface area contributed by atoms with Crippen LogP contribution in [0.3, 0.4) is 0 Å². The van der Waals surface area contributed by atoms with Gasteiger partial charge in [0.1, 0.15) is 5.75 Å².